The third-order valence-electron chi connectivity index (χ3n) is 3.53. The molecule has 2 aromatic rings. The summed E-state index contributed by atoms with van der Waals surface area (Å²) in [7, 11) is 2.00. The van der Waals surface area contributed by atoms with Crippen molar-refractivity contribution in [3.8, 4) is 5.75 Å². The summed E-state index contributed by atoms with van der Waals surface area (Å²) in [5, 5.41) is 3.42. The molecule has 0 aromatic heterocycles. The fourth-order valence-electron chi connectivity index (χ4n) is 2.71. The molecule has 0 aliphatic carbocycles. The quantitative estimate of drug-likeness (QED) is 0.848. The van der Waals surface area contributed by atoms with E-state index < -0.39 is 0 Å². The summed E-state index contributed by atoms with van der Waals surface area (Å²) in [5.74, 6) is 0.943. The van der Waals surface area contributed by atoms with Gasteiger partial charge in [-0.3, -0.25) is 0 Å². The van der Waals surface area contributed by atoms with Crippen molar-refractivity contribution in [3.63, 3.8) is 0 Å². The summed E-state index contributed by atoms with van der Waals surface area (Å²) in [4.78, 5) is 0. The van der Waals surface area contributed by atoms with Gasteiger partial charge in [-0.15, -0.1) is 0 Å². The van der Waals surface area contributed by atoms with Crippen LogP contribution in [0.15, 0.2) is 42.5 Å². The molecule has 0 fully saturated rings. The van der Waals surface area contributed by atoms with Gasteiger partial charge in [0.25, 0.3) is 0 Å². The molecule has 2 heteroatoms. The third kappa shape index (κ3) is 4.08. The minimum absolute atomic E-state index is 0.189. The molecule has 0 aliphatic heterocycles. The lowest BCUT2D eigenvalue weighted by Crippen LogP contribution is -2.18. The Hall–Kier alpha value is -1.80. The van der Waals surface area contributed by atoms with Crippen molar-refractivity contribution in [3.05, 3.63) is 64.7 Å². The van der Waals surface area contributed by atoms with Gasteiger partial charge in [0.1, 0.15) is 5.75 Å². The summed E-state index contributed by atoms with van der Waals surface area (Å²) in [6.07, 6.45) is 1.02. The van der Waals surface area contributed by atoms with E-state index in [1.54, 1.807) is 0 Å². The average molecular weight is 283 g/mol. The van der Waals surface area contributed by atoms with Crippen LogP contribution in [0.1, 0.15) is 41.6 Å². The van der Waals surface area contributed by atoms with E-state index in [4.69, 9.17) is 4.74 Å². The molecule has 0 bridgehead atoms. The lowest BCUT2D eigenvalue weighted by atomic mass is 9.95. The smallest absolute Gasteiger partial charge is 0.119 e. The van der Waals surface area contributed by atoms with Gasteiger partial charge in [0.2, 0.25) is 0 Å². The van der Waals surface area contributed by atoms with Crippen LogP contribution in [0, 0.1) is 13.8 Å². The Kier molecular flexibility index (Phi) is 5.40. The van der Waals surface area contributed by atoms with Crippen molar-refractivity contribution >= 4 is 0 Å². The first-order valence-electron chi connectivity index (χ1n) is 7.62. The summed E-state index contributed by atoms with van der Waals surface area (Å²) in [6.45, 7) is 7.17. The maximum atomic E-state index is 5.75. The molecule has 2 nitrogen and oxygen atoms in total. The predicted octanol–water partition coefficient (Wildman–Crippen LogP) is 4.40. The Morgan fingerprint density at radius 1 is 1.00 bits per heavy atom. The molecule has 1 unspecified atom stereocenters. The van der Waals surface area contributed by atoms with Crippen molar-refractivity contribution in [2.45, 2.75) is 33.2 Å². The minimum Gasteiger partial charge on any atom is -0.494 e. The second-order valence-electron chi connectivity index (χ2n) is 5.56. The molecular formula is C19H25NO. The number of rotatable bonds is 6. The van der Waals surface area contributed by atoms with Crippen LogP contribution >= 0.6 is 0 Å². The van der Waals surface area contributed by atoms with Gasteiger partial charge >= 0.3 is 0 Å². The lowest BCUT2D eigenvalue weighted by Gasteiger charge is -2.19. The first kappa shape index (κ1) is 15.6. The molecule has 1 N–H and O–H groups in total. The van der Waals surface area contributed by atoms with Crippen molar-refractivity contribution < 1.29 is 4.74 Å². The van der Waals surface area contributed by atoms with Crippen LogP contribution in [0.3, 0.4) is 0 Å². The van der Waals surface area contributed by atoms with Gasteiger partial charge in [-0.1, -0.05) is 48.4 Å². The molecule has 112 valence electrons. The summed E-state index contributed by atoms with van der Waals surface area (Å²) in [5.41, 5.74) is 5.12. The highest BCUT2D eigenvalue weighted by Crippen LogP contribution is 2.26. The van der Waals surface area contributed by atoms with Crippen LogP contribution in [0.2, 0.25) is 0 Å². The van der Waals surface area contributed by atoms with Crippen LogP contribution in [-0.4, -0.2) is 13.7 Å². The second-order valence-corrected chi connectivity index (χ2v) is 5.56. The summed E-state index contributed by atoms with van der Waals surface area (Å²) < 4.78 is 5.75. The molecule has 0 radical (unpaired) electrons. The van der Waals surface area contributed by atoms with E-state index in [1.807, 2.05) is 13.1 Å². The van der Waals surface area contributed by atoms with Crippen molar-refractivity contribution in [2.75, 3.05) is 13.7 Å². The number of hydrogen-bond donors (Lipinski definition) is 1. The number of benzene rings is 2. The molecule has 0 heterocycles. The zero-order valence-electron chi connectivity index (χ0n) is 13.4. The normalized spacial score (nSPS) is 12.2. The maximum absolute atomic E-state index is 5.75. The number of nitrogens with one attached hydrogen (secondary N) is 1. The standard InChI is InChI=1S/C19H25NO/c1-5-9-21-18-8-6-7-16(13-18)19(20-4)17-11-14(2)10-15(3)12-17/h6-8,10-13,19-20H,5,9H2,1-4H3. The van der Waals surface area contributed by atoms with Gasteiger partial charge in [0.05, 0.1) is 12.6 Å². The van der Waals surface area contributed by atoms with Gasteiger partial charge in [0, 0.05) is 0 Å². The molecular weight excluding hydrogens is 258 g/mol. The van der Waals surface area contributed by atoms with Crippen LogP contribution in [0.5, 0.6) is 5.75 Å². The predicted molar refractivity (Wildman–Crippen MR) is 89.0 cm³/mol. The highest BCUT2D eigenvalue weighted by atomic mass is 16.5. The maximum Gasteiger partial charge on any atom is 0.119 e. The largest absolute Gasteiger partial charge is 0.494 e. The zero-order valence-corrected chi connectivity index (χ0v) is 13.4. The molecule has 1 atom stereocenters. The average Bonchev–Trinajstić information content (AvgIpc) is 2.45. The van der Waals surface area contributed by atoms with Gasteiger partial charge in [0.15, 0.2) is 0 Å². The Bertz CT molecular complexity index is 572. The molecule has 0 spiro atoms. The van der Waals surface area contributed by atoms with E-state index in [1.165, 1.54) is 22.3 Å². The van der Waals surface area contributed by atoms with E-state index in [-0.39, 0.29) is 6.04 Å². The van der Waals surface area contributed by atoms with Crippen LogP contribution in [-0.2, 0) is 0 Å². The Balaban J connectivity index is 2.32. The van der Waals surface area contributed by atoms with Gasteiger partial charge < -0.3 is 10.1 Å². The van der Waals surface area contributed by atoms with Gasteiger partial charge in [-0.05, 0) is 50.6 Å². The molecule has 21 heavy (non-hydrogen) atoms. The van der Waals surface area contributed by atoms with Crippen molar-refractivity contribution in [1.82, 2.24) is 5.32 Å². The molecule has 0 aliphatic rings. The van der Waals surface area contributed by atoms with E-state index in [0.717, 1.165) is 18.8 Å². The molecule has 0 saturated carbocycles. The SMILES string of the molecule is CCCOc1cccc(C(NC)c2cc(C)cc(C)c2)c1. The number of hydrogen-bond acceptors (Lipinski definition) is 2. The van der Waals surface area contributed by atoms with E-state index in [0.29, 0.717) is 0 Å². The monoisotopic (exact) mass is 283 g/mol. The zero-order chi connectivity index (χ0) is 15.2. The molecule has 2 aromatic carbocycles. The fourth-order valence-corrected chi connectivity index (χ4v) is 2.71. The van der Waals surface area contributed by atoms with Crippen LogP contribution < -0.4 is 10.1 Å². The highest BCUT2D eigenvalue weighted by Gasteiger charge is 2.13. The first-order valence-corrected chi connectivity index (χ1v) is 7.62. The second kappa shape index (κ2) is 7.28. The van der Waals surface area contributed by atoms with Gasteiger partial charge in [-0.25, -0.2) is 0 Å². The van der Waals surface area contributed by atoms with E-state index in [2.05, 4.69) is 62.5 Å². The van der Waals surface area contributed by atoms with Crippen LogP contribution in [0.25, 0.3) is 0 Å². The molecule has 0 amide bonds. The number of ether oxygens (including phenoxy) is 1. The number of aryl methyl sites for hydroxylation is 2. The summed E-state index contributed by atoms with van der Waals surface area (Å²) >= 11 is 0. The Labute approximate surface area is 128 Å². The van der Waals surface area contributed by atoms with E-state index in [9.17, 15) is 0 Å². The van der Waals surface area contributed by atoms with Gasteiger partial charge in [-0.2, -0.15) is 0 Å². The molecule has 0 saturated heterocycles. The fraction of sp³-hybridized carbons (Fsp3) is 0.368. The van der Waals surface area contributed by atoms with E-state index >= 15 is 0 Å². The van der Waals surface area contributed by atoms with Crippen molar-refractivity contribution in [2.24, 2.45) is 0 Å². The first-order chi connectivity index (χ1) is 10.1. The highest BCUT2D eigenvalue weighted by molar-refractivity contribution is 5.39. The minimum atomic E-state index is 0.189. The van der Waals surface area contributed by atoms with Crippen molar-refractivity contribution in [1.29, 1.82) is 0 Å². The summed E-state index contributed by atoms with van der Waals surface area (Å²) in [6, 6.07) is 15.2. The van der Waals surface area contributed by atoms with Crippen LogP contribution in [0.4, 0.5) is 0 Å². The Morgan fingerprint density at radius 3 is 2.33 bits per heavy atom. The lowest BCUT2D eigenvalue weighted by molar-refractivity contribution is 0.317. The Morgan fingerprint density at radius 2 is 1.71 bits per heavy atom. The molecule has 2 rings (SSSR count). The topological polar surface area (TPSA) is 21.3 Å². The third-order valence-corrected chi connectivity index (χ3v) is 3.53.